The second kappa shape index (κ2) is 7.38. The summed E-state index contributed by atoms with van der Waals surface area (Å²) in [5, 5.41) is 11.4. The van der Waals surface area contributed by atoms with E-state index in [4.69, 9.17) is 14.6 Å². The molecule has 6 heteroatoms. The van der Waals surface area contributed by atoms with Crippen molar-refractivity contribution in [1.82, 2.24) is 5.32 Å². The fraction of sp³-hybridized carbons (Fsp3) is 0.385. The molecule has 0 aromatic heterocycles. The second-order valence-corrected chi connectivity index (χ2v) is 3.72. The van der Waals surface area contributed by atoms with Crippen molar-refractivity contribution in [2.24, 2.45) is 0 Å². The zero-order valence-electron chi connectivity index (χ0n) is 10.9. The predicted molar refractivity (Wildman–Crippen MR) is 68.4 cm³/mol. The van der Waals surface area contributed by atoms with Crippen molar-refractivity contribution in [1.29, 1.82) is 0 Å². The van der Waals surface area contributed by atoms with Crippen LogP contribution in [-0.4, -0.2) is 43.3 Å². The van der Waals surface area contributed by atoms with Crippen LogP contribution in [0.1, 0.15) is 17.3 Å². The summed E-state index contributed by atoms with van der Waals surface area (Å²) in [6.45, 7) is 2.06. The molecular weight excluding hydrogens is 250 g/mol. The number of ether oxygens (including phenoxy) is 2. The zero-order chi connectivity index (χ0) is 14.3. The van der Waals surface area contributed by atoms with Crippen LogP contribution in [0.5, 0.6) is 5.75 Å². The van der Waals surface area contributed by atoms with Gasteiger partial charge in [-0.25, -0.2) is 4.79 Å². The van der Waals surface area contributed by atoms with Gasteiger partial charge in [0.05, 0.1) is 19.3 Å². The van der Waals surface area contributed by atoms with Crippen LogP contribution in [-0.2, 0) is 9.53 Å². The molecule has 0 fully saturated rings. The third kappa shape index (κ3) is 4.26. The Morgan fingerprint density at radius 1 is 1.37 bits per heavy atom. The number of hydrogen-bond acceptors (Lipinski definition) is 4. The number of carbonyl (C=O) groups excluding carboxylic acids is 1. The van der Waals surface area contributed by atoms with Crippen LogP contribution in [0.15, 0.2) is 24.3 Å². The van der Waals surface area contributed by atoms with Crippen LogP contribution >= 0.6 is 0 Å². The molecule has 0 saturated heterocycles. The van der Waals surface area contributed by atoms with Gasteiger partial charge in [-0.05, 0) is 19.1 Å². The largest absolute Gasteiger partial charge is 0.496 e. The van der Waals surface area contributed by atoms with Crippen molar-refractivity contribution in [2.45, 2.75) is 13.0 Å². The number of benzene rings is 1. The Labute approximate surface area is 111 Å². The summed E-state index contributed by atoms with van der Waals surface area (Å²) in [6, 6.07) is 5.51. The van der Waals surface area contributed by atoms with Gasteiger partial charge in [-0.3, -0.25) is 4.79 Å². The molecule has 1 aromatic rings. The number of carbonyl (C=O) groups is 2. The molecule has 1 amide bonds. The highest BCUT2D eigenvalue weighted by Gasteiger charge is 2.22. The molecule has 6 nitrogen and oxygen atoms in total. The molecule has 1 atom stereocenters. The van der Waals surface area contributed by atoms with E-state index in [2.05, 4.69) is 5.32 Å². The van der Waals surface area contributed by atoms with E-state index < -0.39 is 17.9 Å². The first kappa shape index (κ1) is 15.0. The number of amides is 1. The van der Waals surface area contributed by atoms with Gasteiger partial charge in [-0.2, -0.15) is 0 Å². The van der Waals surface area contributed by atoms with Crippen molar-refractivity contribution in [3.05, 3.63) is 29.8 Å². The topological polar surface area (TPSA) is 84.9 Å². The highest BCUT2D eigenvalue weighted by molar-refractivity contribution is 5.98. The average molecular weight is 267 g/mol. The van der Waals surface area contributed by atoms with Gasteiger partial charge in [0.1, 0.15) is 5.75 Å². The van der Waals surface area contributed by atoms with Gasteiger partial charge >= 0.3 is 5.97 Å². The first-order chi connectivity index (χ1) is 9.10. The Morgan fingerprint density at radius 3 is 2.63 bits per heavy atom. The molecule has 19 heavy (non-hydrogen) atoms. The number of para-hydroxylation sites is 1. The number of nitrogens with one attached hydrogen (secondary N) is 1. The number of carboxylic acid groups (broad SMARTS) is 1. The Hall–Kier alpha value is -2.08. The minimum atomic E-state index is -1.14. The molecule has 0 saturated carbocycles. The maximum Gasteiger partial charge on any atom is 0.328 e. The Balaban J connectivity index is 2.78. The maximum atomic E-state index is 12.0. The number of hydrogen-bond donors (Lipinski definition) is 2. The molecule has 0 heterocycles. The smallest absolute Gasteiger partial charge is 0.328 e. The molecule has 104 valence electrons. The standard InChI is InChI=1S/C13H17NO5/c1-3-19-8-10(13(16)17)14-12(15)9-6-4-5-7-11(9)18-2/h4-7,10H,3,8H2,1-2H3,(H,14,15)(H,16,17). The lowest BCUT2D eigenvalue weighted by molar-refractivity contribution is -0.140. The minimum absolute atomic E-state index is 0.0767. The van der Waals surface area contributed by atoms with Gasteiger partial charge in [0.2, 0.25) is 0 Å². The Bertz CT molecular complexity index is 446. The summed E-state index contributed by atoms with van der Waals surface area (Å²) in [5.74, 6) is -1.26. The molecule has 0 aliphatic rings. The normalized spacial score (nSPS) is 11.7. The molecule has 0 bridgehead atoms. The van der Waals surface area contributed by atoms with E-state index in [9.17, 15) is 9.59 Å². The summed E-state index contributed by atoms with van der Waals surface area (Å²) >= 11 is 0. The molecule has 1 rings (SSSR count). The van der Waals surface area contributed by atoms with Crippen molar-refractivity contribution in [2.75, 3.05) is 20.3 Å². The summed E-state index contributed by atoms with van der Waals surface area (Å²) in [6.07, 6.45) is 0. The van der Waals surface area contributed by atoms with E-state index in [-0.39, 0.29) is 12.2 Å². The zero-order valence-corrected chi connectivity index (χ0v) is 10.9. The lowest BCUT2D eigenvalue weighted by atomic mass is 10.1. The quantitative estimate of drug-likeness (QED) is 0.767. The average Bonchev–Trinajstić information content (AvgIpc) is 2.42. The van der Waals surface area contributed by atoms with Crippen LogP contribution in [0, 0.1) is 0 Å². The third-order valence-electron chi connectivity index (χ3n) is 2.44. The lowest BCUT2D eigenvalue weighted by Gasteiger charge is -2.15. The highest BCUT2D eigenvalue weighted by Crippen LogP contribution is 2.16. The molecule has 1 aromatic carbocycles. The van der Waals surface area contributed by atoms with Crippen LogP contribution in [0.25, 0.3) is 0 Å². The molecule has 0 aliphatic heterocycles. The van der Waals surface area contributed by atoms with E-state index >= 15 is 0 Å². The van der Waals surface area contributed by atoms with E-state index in [1.807, 2.05) is 0 Å². The highest BCUT2D eigenvalue weighted by atomic mass is 16.5. The fourth-order valence-electron chi connectivity index (χ4n) is 1.48. The first-order valence-electron chi connectivity index (χ1n) is 5.84. The molecule has 0 aliphatic carbocycles. The van der Waals surface area contributed by atoms with Gasteiger partial charge in [0.15, 0.2) is 6.04 Å². The molecular formula is C13H17NO5. The Morgan fingerprint density at radius 2 is 2.05 bits per heavy atom. The van der Waals surface area contributed by atoms with E-state index in [1.54, 1.807) is 31.2 Å². The van der Waals surface area contributed by atoms with Crippen molar-refractivity contribution < 1.29 is 24.2 Å². The van der Waals surface area contributed by atoms with Crippen molar-refractivity contribution >= 4 is 11.9 Å². The number of rotatable bonds is 7. The van der Waals surface area contributed by atoms with Crippen LogP contribution in [0.3, 0.4) is 0 Å². The third-order valence-corrected chi connectivity index (χ3v) is 2.44. The molecule has 0 spiro atoms. The van der Waals surface area contributed by atoms with Gasteiger partial charge in [0.25, 0.3) is 5.91 Å². The van der Waals surface area contributed by atoms with E-state index in [0.29, 0.717) is 12.4 Å². The summed E-state index contributed by atoms with van der Waals surface area (Å²) in [7, 11) is 1.45. The molecule has 1 unspecified atom stereocenters. The molecule has 0 radical (unpaired) electrons. The molecule has 2 N–H and O–H groups in total. The van der Waals surface area contributed by atoms with Crippen molar-refractivity contribution in [3.8, 4) is 5.75 Å². The Kier molecular flexibility index (Phi) is 5.81. The van der Waals surface area contributed by atoms with Crippen LogP contribution < -0.4 is 10.1 Å². The lowest BCUT2D eigenvalue weighted by Crippen LogP contribution is -2.44. The SMILES string of the molecule is CCOCC(NC(=O)c1ccccc1OC)C(=O)O. The number of aliphatic carboxylic acids is 1. The second-order valence-electron chi connectivity index (χ2n) is 3.72. The maximum absolute atomic E-state index is 12.0. The summed E-state index contributed by atoms with van der Waals surface area (Å²) in [4.78, 5) is 23.0. The van der Waals surface area contributed by atoms with E-state index in [1.165, 1.54) is 7.11 Å². The summed E-state index contributed by atoms with van der Waals surface area (Å²) in [5.41, 5.74) is 0.285. The van der Waals surface area contributed by atoms with Crippen LogP contribution in [0.4, 0.5) is 0 Å². The van der Waals surface area contributed by atoms with Gasteiger partial charge < -0.3 is 19.9 Å². The van der Waals surface area contributed by atoms with E-state index in [0.717, 1.165) is 0 Å². The number of carboxylic acids is 1. The first-order valence-corrected chi connectivity index (χ1v) is 5.84. The minimum Gasteiger partial charge on any atom is -0.496 e. The predicted octanol–water partition coefficient (Wildman–Crippen LogP) is 0.915. The van der Waals surface area contributed by atoms with Gasteiger partial charge in [-0.15, -0.1) is 0 Å². The summed E-state index contributed by atoms with van der Waals surface area (Å²) < 4.78 is 10.1. The number of methoxy groups -OCH3 is 1. The van der Waals surface area contributed by atoms with Gasteiger partial charge in [-0.1, -0.05) is 12.1 Å². The monoisotopic (exact) mass is 267 g/mol. The van der Waals surface area contributed by atoms with Gasteiger partial charge in [0, 0.05) is 6.61 Å². The van der Waals surface area contributed by atoms with Crippen LogP contribution in [0.2, 0.25) is 0 Å². The fourth-order valence-corrected chi connectivity index (χ4v) is 1.48. The van der Waals surface area contributed by atoms with Crippen molar-refractivity contribution in [3.63, 3.8) is 0 Å².